The van der Waals surface area contributed by atoms with Gasteiger partial charge in [0, 0.05) is 11.4 Å². The van der Waals surface area contributed by atoms with Gasteiger partial charge in [-0.3, -0.25) is 0 Å². The molecule has 0 saturated carbocycles. The van der Waals surface area contributed by atoms with Crippen LogP contribution in [0.5, 0.6) is 0 Å². The van der Waals surface area contributed by atoms with Crippen molar-refractivity contribution in [1.29, 1.82) is 0 Å². The number of rotatable bonds is 4. The molecule has 4 rings (SSSR count). The molecule has 0 bridgehead atoms. The van der Waals surface area contributed by atoms with Crippen LogP contribution in [0.2, 0.25) is 0 Å². The third kappa shape index (κ3) is 4.55. The minimum atomic E-state index is -4.42. The van der Waals surface area contributed by atoms with Gasteiger partial charge in [-0.15, -0.1) is 0 Å². The molecule has 0 radical (unpaired) electrons. The number of alkyl halides is 6. The number of nitrogens with one attached hydrogen (secondary N) is 2. The van der Waals surface area contributed by atoms with Crippen molar-refractivity contribution < 1.29 is 26.3 Å². The lowest BCUT2D eigenvalue weighted by atomic mass is 10.1. The summed E-state index contributed by atoms with van der Waals surface area (Å²) < 4.78 is 84.7. The Kier molecular flexibility index (Phi) is 5.21. The Bertz CT molecular complexity index is 1100. The van der Waals surface area contributed by atoms with E-state index in [9.17, 15) is 26.3 Å². The summed E-state index contributed by atoms with van der Waals surface area (Å²) in [6, 6.07) is 12.4. The second-order valence-corrected chi connectivity index (χ2v) is 7.05. The predicted octanol–water partition coefficient (Wildman–Crippen LogP) is 7.22. The first-order chi connectivity index (χ1) is 14.6. The van der Waals surface area contributed by atoms with Gasteiger partial charge in [-0.2, -0.15) is 35.1 Å². The smallest absolute Gasteiger partial charge is 0.354 e. The Morgan fingerprint density at radius 3 is 1.23 bits per heavy atom. The molecule has 2 N–H and O–H groups in total. The number of nitrogens with zero attached hydrogens (tertiary/aromatic N) is 2. The molecular formula is C20H12F6N4S. The average molecular weight is 454 g/mol. The van der Waals surface area contributed by atoms with Crippen LogP contribution in [0.3, 0.4) is 0 Å². The highest BCUT2D eigenvalue weighted by atomic mass is 32.1. The van der Waals surface area contributed by atoms with E-state index in [2.05, 4.69) is 19.4 Å². The van der Waals surface area contributed by atoms with Crippen LogP contribution in [0.15, 0.2) is 60.7 Å². The van der Waals surface area contributed by atoms with E-state index in [1.165, 1.54) is 24.3 Å². The van der Waals surface area contributed by atoms with Crippen LogP contribution in [0, 0.1) is 0 Å². The van der Waals surface area contributed by atoms with Gasteiger partial charge in [-0.25, -0.2) is 0 Å². The standard InChI is InChI=1S/C20H12F6N4S/c21-19(22,23)11-1-5-13(6-2-11)27-15-9-10-16(18-17(15)29-31-30-18)28-14-7-3-12(4-8-14)20(24,25)26/h1-10,27-28H. The molecule has 3 aromatic carbocycles. The van der Waals surface area contributed by atoms with Crippen LogP contribution in [0.1, 0.15) is 11.1 Å². The number of halogens is 6. The van der Waals surface area contributed by atoms with Crippen LogP contribution in [0.25, 0.3) is 11.0 Å². The highest BCUT2D eigenvalue weighted by Crippen LogP contribution is 2.35. The van der Waals surface area contributed by atoms with Crippen molar-refractivity contribution in [3.8, 4) is 0 Å². The molecule has 0 amide bonds. The quantitative estimate of drug-likeness (QED) is 0.320. The SMILES string of the molecule is FC(F)(F)c1ccc(Nc2ccc(Nc3ccc(C(F)(F)F)cc3)c3nsnc23)cc1. The van der Waals surface area contributed by atoms with E-state index in [0.717, 1.165) is 36.0 Å². The van der Waals surface area contributed by atoms with E-state index < -0.39 is 23.5 Å². The Labute approximate surface area is 175 Å². The fraction of sp³-hybridized carbons (Fsp3) is 0.100. The highest BCUT2D eigenvalue weighted by Gasteiger charge is 2.30. The molecule has 0 aliphatic carbocycles. The van der Waals surface area contributed by atoms with E-state index in [4.69, 9.17) is 0 Å². The van der Waals surface area contributed by atoms with Crippen LogP contribution < -0.4 is 10.6 Å². The maximum atomic E-state index is 12.7. The molecule has 0 aliphatic rings. The van der Waals surface area contributed by atoms with Gasteiger partial charge in [-0.05, 0) is 60.7 Å². The summed E-state index contributed by atoms with van der Waals surface area (Å²) in [5.41, 5.74) is 1.37. The molecule has 1 heterocycles. The molecule has 0 unspecified atom stereocenters. The Morgan fingerprint density at radius 1 is 0.548 bits per heavy atom. The number of aromatic nitrogens is 2. The molecule has 1 aromatic heterocycles. The van der Waals surface area contributed by atoms with Crippen molar-refractivity contribution >= 4 is 45.5 Å². The molecule has 0 aliphatic heterocycles. The zero-order valence-electron chi connectivity index (χ0n) is 15.3. The second kappa shape index (κ2) is 7.73. The van der Waals surface area contributed by atoms with Gasteiger partial charge >= 0.3 is 12.4 Å². The van der Waals surface area contributed by atoms with Gasteiger partial charge < -0.3 is 10.6 Å². The minimum Gasteiger partial charge on any atom is -0.354 e. The minimum absolute atomic E-state index is 0.436. The van der Waals surface area contributed by atoms with Crippen LogP contribution in [-0.4, -0.2) is 8.75 Å². The molecule has 31 heavy (non-hydrogen) atoms. The van der Waals surface area contributed by atoms with Crippen LogP contribution in [-0.2, 0) is 12.4 Å². The lowest BCUT2D eigenvalue weighted by Crippen LogP contribution is -2.04. The molecule has 0 saturated heterocycles. The average Bonchev–Trinajstić information content (AvgIpc) is 3.20. The summed E-state index contributed by atoms with van der Waals surface area (Å²) >= 11 is 0.936. The second-order valence-electron chi connectivity index (χ2n) is 6.52. The first-order valence-corrected chi connectivity index (χ1v) is 9.48. The molecule has 4 aromatic rings. The van der Waals surface area contributed by atoms with Gasteiger partial charge in [0.2, 0.25) is 0 Å². The van der Waals surface area contributed by atoms with Crippen molar-refractivity contribution in [1.82, 2.24) is 8.75 Å². The third-order valence-corrected chi connectivity index (χ3v) is 4.93. The monoisotopic (exact) mass is 454 g/mol. The Balaban J connectivity index is 1.57. The van der Waals surface area contributed by atoms with Gasteiger partial charge in [0.05, 0.1) is 34.2 Å². The van der Waals surface area contributed by atoms with Crippen molar-refractivity contribution in [2.75, 3.05) is 10.6 Å². The number of fused-ring (bicyclic) bond motifs is 1. The van der Waals surface area contributed by atoms with Crippen molar-refractivity contribution in [2.24, 2.45) is 0 Å². The van der Waals surface area contributed by atoms with E-state index in [1.807, 2.05) is 0 Å². The first-order valence-electron chi connectivity index (χ1n) is 8.75. The zero-order chi connectivity index (χ0) is 22.2. The first kappa shape index (κ1) is 20.9. The van der Waals surface area contributed by atoms with Crippen molar-refractivity contribution in [2.45, 2.75) is 12.4 Å². The van der Waals surface area contributed by atoms with Gasteiger partial charge in [0.1, 0.15) is 11.0 Å². The Morgan fingerprint density at radius 2 is 0.903 bits per heavy atom. The van der Waals surface area contributed by atoms with E-state index in [-0.39, 0.29) is 0 Å². The van der Waals surface area contributed by atoms with Crippen molar-refractivity contribution in [3.05, 3.63) is 71.8 Å². The number of benzene rings is 3. The highest BCUT2D eigenvalue weighted by molar-refractivity contribution is 7.00. The van der Waals surface area contributed by atoms with Gasteiger partial charge in [0.15, 0.2) is 0 Å². The van der Waals surface area contributed by atoms with Gasteiger partial charge in [-0.1, -0.05) is 0 Å². The molecule has 160 valence electrons. The molecule has 0 fully saturated rings. The van der Waals surface area contributed by atoms with E-state index in [0.29, 0.717) is 33.8 Å². The summed E-state index contributed by atoms with van der Waals surface area (Å²) in [5.74, 6) is 0. The predicted molar refractivity (Wildman–Crippen MR) is 107 cm³/mol. The van der Waals surface area contributed by atoms with Crippen LogP contribution >= 0.6 is 11.7 Å². The fourth-order valence-electron chi connectivity index (χ4n) is 2.86. The lowest BCUT2D eigenvalue weighted by Gasteiger charge is -2.12. The molecule has 4 nitrogen and oxygen atoms in total. The van der Waals surface area contributed by atoms with E-state index in [1.54, 1.807) is 12.1 Å². The van der Waals surface area contributed by atoms with Gasteiger partial charge in [0.25, 0.3) is 0 Å². The number of hydrogen-bond acceptors (Lipinski definition) is 5. The molecule has 0 spiro atoms. The largest absolute Gasteiger partial charge is 0.416 e. The summed E-state index contributed by atoms with van der Waals surface area (Å²) in [5, 5.41) is 6.02. The fourth-order valence-corrected chi connectivity index (χ4v) is 3.44. The molecule has 11 heteroatoms. The molecular weight excluding hydrogens is 442 g/mol. The third-order valence-electron chi connectivity index (χ3n) is 4.40. The summed E-state index contributed by atoms with van der Waals surface area (Å²) in [7, 11) is 0. The van der Waals surface area contributed by atoms with Crippen molar-refractivity contribution in [3.63, 3.8) is 0 Å². The number of hydrogen-bond donors (Lipinski definition) is 2. The zero-order valence-corrected chi connectivity index (χ0v) is 16.2. The number of anilines is 4. The maximum Gasteiger partial charge on any atom is 0.416 e. The maximum absolute atomic E-state index is 12.7. The lowest BCUT2D eigenvalue weighted by molar-refractivity contribution is -0.138. The molecule has 0 atom stereocenters. The summed E-state index contributed by atoms with van der Waals surface area (Å²) in [4.78, 5) is 0. The topological polar surface area (TPSA) is 49.8 Å². The van der Waals surface area contributed by atoms with Crippen LogP contribution in [0.4, 0.5) is 49.1 Å². The van der Waals surface area contributed by atoms with E-state index >= 15 is 0 Å². The normalized spacial score (nSPS) is 12.2. The summed E-state index contributed by atoms with van der Waals surface area (Å²) in [6.45, 7) is 0. The Hall–Kier alpha value is -3.34. The summed E-state index contributed by atoms with van der Waals surface area (Å²) in [6.07, 6.45) is -8.84.